The first-order chi connectivity index (χ1) is 12.4. The second-order valence-electron chi connectivity index (χ2n) is 7.57. The first-order valence-corrected chi connectivity index (χ1v) is 9.02. The molecule has 26 heavy (non-hydrogen) atoms. The number of esters is 1. The van der Waals surface area contributed by atoms with Gasteiger partial charge in [-0.05, 0) is 29.5 Å². The number of methoxy groups -OCH3 is 1. The van der Waals surface area contributed by atoms with E-state index in [1.165, 1.54) is 12.7 Å². The molecule has 136 valence electrons. The van der Waals surface area contributed by atoms with Crippen LogP contribution in [0.4, 0.5) is 0 Å². The number of hydrogen-bond donors (Lipinski definition) is 0. The summed E-state index contributed by atoms with van der Waals surface area (Å²) in [6.45, 7) is 8.58. The molecule has 1 heterocycles. The minimum absolute atomic E-state index is 0.0939. The van der Waals surface area contributed by atoms with E-state index in [-0.39, 0.29) is 11.4 Å². The Labute approximate surface area is 154 Å². The van der Waals surface area contributed by atoms with Crippen molar-refractivity contribution in [3.05, 3.63) is 54.1 Å². The van der Waals surface area contributed by atoms with Gasteiger partial charge in [-0.15, -0.1) is 0 Å². The molecule has 0 fully saturated rings. The van der Waals surface area contributed by atoms with Crippen LogP contribution in [0.15, 0.2) is 48.5 Å². The quantitative estimate of drug-likeness (QED) is 0.613. The average molecular weight is 350 g/mol. The predicted molar refractivity (Wildman–Crippen MR) is 105 cm³/mol. The Hall–Kier alpha value is -2.62. The standard InChI is InChI=1S/C22H26N2O2/c1-6-18(21(25)26-5)24-19-10-8-7-9-17(19)23-20(24)15-11-13-16(14-12-15)22(2,3)4/h7-14,18H,6H2,1-5H3. The van der Waals surface area contributed by atoms with Crippen molar-refractivity contribution in [3.8, 4) is 11.4 Å². The summed E-state index contributed by atoms with van der Waals surface area (Å²) in [6, 6.07) is 16.0. The van der Waals surface area contributed by atoms with E-state index in [2.05, 4.69) is 45.0 Å². The van der Waals surface area contributed by atoms with Crippen molar-refractivity contribution >= 4 is 17.0 Å². The van der Waals surface area contributed by atoms with E-state index >= 15 is 0 Å². The van der Waals surface area contributed by atoms with Gasteiger partial charge >= 0.3 is 5.97 Å². The van der Waals surface area contributed by atoms with E-state index in [4.69, 9.17) is 9.72 Å². The number of nitrogens with zero attached hydrogens (tertiary/aromatic N) is 2. The molecular formula is C22H26N2O2. The second kappa shape index (κ2) is 6.94. The molecule has 2 aromatic carbocycles. The molecule has 0 saturated carbocycles. The third-order valence-corrected chi connectivity index (χ3v) is 4.78. The molecule has 0 aliphatic carbocycles. The number of fused-ring (bicyclic) bond motifs is 1. The molecule has 0 N–H and O–H groups in total. The number of ether oxygens (including phenoxy) is 1. The molecule has 4 nitrogen and oxygen atoms in total. The summed E-state index contributed by atoms with van der Waals surface area (Å²) >= 11 is 0. The van der Waals surface area contributed by atoms with Crippen LogP contribution in [0, 0.1) is 0 Å². The molecule has 1 aromatic heterocycles. The van der Waals surface area contributed by atoms with E-state index in [1.807, 2.05) is 35.8 Å². The van der Waals surface area contributed by atoms with Crippen molar-refractivity contribution in [2.45, 2.75) is 45.6 Å². The molecule has 1 atom stereocenters. The van der Waals surface area contributed by atoms with Crippen molar-refractivity contribution in [1.29, 1.82) is 0 Å². The molecule has 0 aliphatic rings. The number of carbonyl (C=O) groups is 1. The summed E-state index contributed by atoms with van der Waals surface area (Å²) in [7, 11) is 1.43. The van der Waals surface area contributed by atoms with Gasteiger partial charge < -0.3 is 9.30 Å². The molecular weight excluding hydrogens is 324 g/mol. The summed E-state index contributed by atoms with van der Waals surface area (Å²) in [5, 5.41) is 0. The van der Waals surface area contributed by atoms with Gasteiger partial charge in [-0.1, -0.05) is 64.1 Å². The lowest BCUT2D eigenvalue weighted by molar-refractivity contribution is -0.144. The molecule has 0 saturated heterocycles. The molecule has 0 bridgehead atoms. The van der Waals surface area contributed by atoms with E-state index in [9.17, 15) is 4.79 Å². The lowest BCUT2D eigenvalue weighted by Crippen LogP contribution is -2.21. The summed E-state index contributed by atoms with van der Waals surface area (Å²) in [6.07, 6.45) is 0.639. The smallest absolute Gasteiger partial charge is 0.328 e. The van der Waals surface area contributed by atoms with Gasteiger partial charge in [0, 0.05) is 5.56 Å². The first-order valence-electron chi connectivity index (χ1n) is 9.02. The van der Waals surface area contributed by atoms with Gasteiger partial charge in [-0.3, -0.25) is 0 Å². The Kier molecular flexibility index (Phi) is 4.86. The van der Waals surface area contributed by atoms with Gasteiger partial charge in [-0.2, -0.15) is 0 Å². The fourth-order valence-electron chi connectivity index (χ4n) is 3.27. The van der Waals surface area contributed by atoms with Crippen LogP contribution in [0.3, 0.4) is 0 Å². The number of imidazole rings is 1. The van der Waals surface area contributed by atoms with Crippen LogP contribution in [-0.2, 0) is 14.9 Å². The zero-order chi connectivity index (χ0) is 18.9. The van der Waals surface area contributed by atoms with Crippen molar-refractivity contribution in [2.75, 3.05) is 7.11 Å². The highest BCUT2D eigenvalue weighted by Crippen LogP contribution is 2.32. The van der Waals surface area contributed by atoms with Crippen LogP contribution in [-0.4, -0.2) is 22.6 Å². The Bertz CT molecular complexity index is 917. The maximum atomic E-state index is 12.4. The molecule has 3 aromatic rings. The zero-order valence-corrected chi connectivity index (χ0v) is 16.1. The van der Waals surface area contributed by atoms with E-state index < -0.39 is 6.04 Å². The number of aromatic nitrogens is 2. The van der Waals surface area contributed by atoms with E-state index in [1.54, 1.807) is 0 Å². The Balaban J connectivity index is 2.19. The molecule has 0 amide bonds. The van der Waals surface area contributed by atoms with E-state index in [0.717, 1.165) is 22.4 Å². The summed E-state index contributed by atoms with van der Waals surface area (Å²) in [4.78, 5) is 17.2. The van der Waals surface area contributed by atoms with Crippen LogP contribution >= 0.6 is 0 Å². The molecule has 0 radical (unpaired) electrons. The number of rotatable bonds is 4. The highest BCUT2D eigenvalue weighted by Gasteiger charge is 2.25. The molecule has 0 spiro atoms. The molecule has 3 rings (SSSR count). The van der Waals surface area contributed by atoms with Crippen molar-refractivity contribution in [3.63, 3.8) is 0 Å². The van der Waals surface area contributed by atoms with Crippen LogP contribution in [0.25, 0.3) is 22.4 Å². The molecule has 1 unspecified atom stereocenters. The fourth-order valence-corrected chi connectivity index (χ4v) is 3.27. The van der Waals surface area contributed by atoms with E-state index in [0.29, 0.717) is 6.42 Å². The summed E-state index contributed by atoms with van der Waals surface area (Å²) in [5.41, 5.74) is 4.18. The number of para-hydroxylation sites is 2. The van der Waals surface area contributed by atoms with Gasteiger partial charge in [0.05, 0.1) is 18.1 Å². The first kappa shape index (κ1) is 18.2. The van der Waals surface area contributed by atoms with Crippen molar-refractivity contribution < 1.29 is 9.53 Å². The topological polar surface area (TPSA) is 44.1 Å². The van der Waals surface area contributed by atoms with Crippen molar-refractivity contribution in [1.82, 2.24) is 9.55 Å². The SMILES string of the molecule is CCC(C(=O)OC)n1c(-c2ccc(C(C)(C)C)cc2)nc2ccccc21. The Morgan fingerprint density at radius 2 is 1.77 bits per heavy atom. The molecule has 0 aliphatic heterocycles. The van der Waals surface area contributed by atoms with Gasteiger partial charge in [0.2, 0.25) is 0 Å². The largest absolute Gasteiger partial charge is 0.467 e. The lowest BCUT2D eigenvalue weighted by Gasteiger charge is -2.20. The summed E-state index contributed by atoms with van der Waals surface area (Å²) < 4.78 is 7.05. The fraction of sp³-hybridized carbons (Fsp3) is 0.364. The van der Waals surface area contributed by atoms with Crippen LogP contribution in [0.1, 0.15) is 45.7 Å². The monoisotopic (exact) mass is 350 g/mol. The van der Waals surface area contributed by atoms with Crippen molar-refractivity contribution in [2.24, 2.45) is 0 Å². The minimum Gasteiger partial charge on any atom is -0.467 e. The van der Waals surface area contributed by atoms with Gasteiger partial charge in [-0.25, -0.2) is 9.78 Å². The Morgan fingerprint density at radius 1 is 1.12 bits per heavy atom. The number of hydrogen-bond acceptors (Lipinski definition) is 3. The lowest BCUT2D eigenvalue weighted by atomic mass is 9.86. The highest BCUT2D eigenvalue weighted by atomic mass is 16.5. The normalized spacial score (nSPS) is 13.0. The third kappa shape index (κ3) is 3.24. The second-order valence-corrected chi connectivity index (χ2v) is 7.57. The van der Waals surface area contributed by atoms with Crippen LogP contribution in [0.5, 0.6) is 0 Å². The predicted octanol–water partition coefficient (Wildman–Crippen LogP) is 5.12. The summed E-state index contributed by atoms with van der Waals surface area (Å²) in [5.74, 6) is 0.548. The zero-order valence-electron chi connectivity index (χ0n) is 16.1. The molecule has 4 heteroatoms. The third-order valence-electron chi connectivity index (χ3n) is 4.78. The average Bonchev–Trinajstić information content (AvgIpc) is 3.01. The van der Waals surface area contributed by atoms with Crippen LogP contribution in [0.2, 0.25) is 0 Å². The number of carbonyl (C=O) groups excluding carboxylic acids is 1. The maximum Gasteiger partial charge on any atom is 0.328 e. The van der Waals surface area contributed by atoms with Gasteiger partial charge in [0.1, 0.15) is 11.9 Å². The van der Waals surface area contributed by atoms with Gasteiger partial charge in [0.25, 0.3) is 0 Å². The van der Waals surface area contributed by atoms with Gasteiger partial charge in [0.15, 0.2) is 0 Å². The van der Waals surface area contributed by atoms with Crippen LogP contribution < -0.4 is 0 Å². The Morgan fingerprint density at radius 3 is 2.35 bits per heavy atom. The maximum absolute atomic E-state index is 12.4. The highest BCUT2D eigenvalue weighted by molar-refractivity contribution is 5.85. The minimum atomic E-state index is -0.398. The number of benzene rings is 2.